The van der Waals surface area contributed by atoms with E-state index in [1.807, 2.05) is 0 Å². The molecule has 1 saturated heterocycles. The van der Waals surface area contributed by atoms with Gasteiger partial charge in [0.15, 0.2) is 0 Å². The van der Waals surface area contributed by atoms with Crippen LogP contribution in [0.2, 0.25) is 0 Å². The van der Waals surface area contributed by atoms with Gasteiger partial charge in [-0.15, -0.1) is 0 Å². The van der Waals surface area contributed by atoms with Gasteiger partial charge >= 0.3 is 0 Å². The van der Waals surface area contributed by atoms with Crippen LogP contribution >= 0.6 is 0 Å². The number of hydrogen-bond acceptors (Lipinski definition) is 1. The summed E-state index contributed by atoms with van der Waals surface area (Å²) in [4.78, 5) is 12.1. The molecule has 0 spiro atoms. The summed E-state index contributed by atoms with van der Waals surface area (Å²) in [5, 5.41) is 3.27. The normalized spacial score (nSPS) is 34.4. The summed E-state index contributed by atoms with van der Waals surface area (Å²) >= 11 is 0. The molecule has 0 bridgehead atoms. The summed E-state index contributed by atoms with van der Waals surface area (Å²) < 4.78 is 0. The SMILES string of the molecule is CCC1(CC)C[C@H]2CCCC[C@@H]2NC1=O. The minimum Gasteiger partial charge on any atom is -0.353 e. The molecule has 2 rings (SSSR count). The molecule has 2 fully saturated rings. The summed E-state index contributed by atoms with van der Waals surface area (Å²) in [5.74, 6) is 1.09. The highest BCUT2D eigenvalue weighted by Gasteiger charge is 2.45. The number of rotatable bonds is 2. The number of nitrogens with one attached hydrogen (secondary N) is 1. The van der Waals surface area contributed by atoms with Crippen molar-refractivity contribution in [2.45, 2.75) is 64.8 Å². The molecule has 0 aromatic rings. The highest BCUT2D eigenvalue weighted by atomic mass is 16.2. The zero-order chi connectivity index (χ0) is 10.9. The second-order valence-electron chi connectivity index (χ2n) is 5.32. The fraction of sp³-hybridized carbons (Fsp3) is 0.923. The average molecular weight is 209 g/mol. The van der Waals surface area contributed by atoms with Gasteiger partial charge in [0.05, 0.1) is 0 Å². The molecule has 1 aliphatic carbocycles. The minimum absolute atomic E-state index is 0.0431. The number of piperidine rings is 1. The number of hydrogen-bond donors (Lipinski definition) is 1. The van der Waals surface area contributed by atoms with Gasteiger partial charge in [-0.3, -0.25) is 4.79 Å². The Kier molecular flexibility index (Phi) is 3.03. The zero-order valence-corrected chi connectivity index (χ0v) is 10.0. The molecule has 2 nitrogen and oxygen atoms in total. The third-order valence-corrected chi connectivity index (χ3v) is 4.71. The summed E-state index contributed by atoms with van der Waals surface area (Å²) in [6.07, 6.45) is 8.33. The molecule has 86 valence electrons. The van der Waals surface area contributed by atoms with Gasteiger partial charge in [-0.1, -0.05) is 26.7 Å². The first-order chi connectivity index (χ1) is 7.22. The van der Waals surface area contributed by atoms with Crippen molar-refractivity contribution in [1.82, 2.24) is 5.32 Å². The molecule has 15 heavy (non-hydrogen) atoms. The molecule has 0 radical (unpaired) electrons. The van der Waals surface area contributed by atoms with Gasteiger partial charge in [0, 0.05) is 11.5 Å². The van der Waals surface area contributed by atoms with Crippen molar-refractivity contribution >= 4 is 5.91 Å². The number of carbonyl (C=O) groups excluding carboxylic acids is 1. The maximum Gasteiger partial charge on any atom is 0.226 e. The Bertz CT molecular complexity index is 245. The Hall–Kier alpha value is -0.530. The van der Waals surface area contributed by atoms with Crippen LogP contribution in [0.5, 0.6) is 0 Å². The van der Waals surface area contributed by atoms with Crippen LogP contribution in [0.15, 0.2) is 0 Å². The molecule has 2 heteroatoms. The zero-order valence-electron chi connectivity index (χ0n) is 10.0. The topological polar surface area (TPSA) is 29.1 Å². The molecular weight excluding hydrogens is 186 g/mol. The predicted molar refractivity (Wildman–Crippen MR) is 61.5 cm³/mol. The Labute approximate surface area is 92.8 Å². The smallest absolute Gasteiger partial charge is 0.226 e. The Morgan fingerprint density at radius 2 is 1.93 bits per heavy atom. The molecule has 2 aliphatic rings. The van der Waals surface area contributed by atoms with Crippen LogP contribution in [0.25, 0.3) is 0 Å². The van der Waals surface area contributed by atoms with Crippen LogP contribution in [0, 0.1) is 11.3 Å². The van der Waals surface area contributed by atoms with E-state index in [0.717, 1.165) is 25.2 Å². The first-order valence-corrected chi connectivity index (χ1v) is 6.53. The first kappa shape index (κ1) is 11.0. The summed E-state index contributed by atoms with van der Waals surface area (Å²) in [5.41, 5.74) is -0.0431. The lowest BCUT2D eigenvalue weighted by atomic mass is 9.66. The largest absolute Gasteiger partial charge is 0.353 e. The maximum atomic E-state index is 12.1. The molecule has 0 aromatic heterocycles. The molecule has 2 atom stereocenters. The molecule has 1 amide bonds. The van der Waals surface area contributed by atoms with E-state index in [1.165, 1.54) is 25.7 Å². The summed E-state index contributed by atoms with van der Waals surface area (Å²) in [7, 11) is 0. The third-order valence-electron chi connectivity index (χ3n) is 4.71. The van der Waals surface area contributed by atoms with E-state index in [1.54, 1.807) is 0 Å². The lowest BCUT2D eigenvalue weighted by Gasteiger charge is -2.45. The fourth-order valence-electron chi connectivity index (χ4n) is 3.42. The van der Waals surface area contributed by atoms with Crippen LogP contribution in [0.1, 0.15) is 58.8 Å². The predicted octanol–water partition coefficient (Wildman–Crippen LogP) is 2.87. The molecule has 0 unspecified atom stereocenters. The van der Waals surface area contributed by atoms with E-state index >= 15 is 0 Å². The van der Waals surface area contributed by atoms with Crippen LogP contribution < -0.4 is 5.32 Å². The molecule has 1 saturated carbocycles. The van der Waals surface area contributed by atoms with Gasteiger partial charge in [-0.25, -0.2) is 0 Å². The average Bonchev–Trinajstić information content (AvgIpc) is 2.28. The van der Waals surface area contributed by atoms with Gasteiger partial charge in [0.1, 0.15) is 0 Å². The minimum atomic E-state index is -0.0431. The molecular formula is C13H23NO. The van der Waals surface area contributed by atoms with Crippen molar-refractivity contribution in [3.63, 3.8) is 0 Å². The monoisotopic (exact) mass is 209 g/mol. The number of carbonyl (C=O) groups is 1. The van der Waals surface area contributed by atoms with Crippen LogP contribution in [0.4, 0.5) is 0 Å². The lowest BCUT2D eigenvalue weighted by Crippen LogP contribution is -2.55. The van der Waals surface area contributed by atoms with E-state index in [-0.39, 0.29) is 5.41 Å². The summed E-state index contributed by atoms with van der Waals surface area (Å²) in [6.45, 7) is 4.32. The quantitative estimate of drug-likeness (QED) is 0.744. The second kappa shape index (κ2) is 4.15. The van der Waals surface area contributed by atoms with Crippen molar-refractivity contribution in [3.05, 3.63) is 0 Å². The van der Waals surface area contributed by atoms with Gasteiger partial charge in [-0.2, -0.15) is 0 Å². The van der Waals surface area contributed by atoms with Gasteiger partial charge < -0.3 is 5.32 Å². The molecule has 1 heterocycles. The van der Waals surface area contributed by atoms with Crippen molar-refractivity contribution in [2.75, 3.05) is 0 Å². The first-order valence-electron chi connectivity index (χ1n) is 6.53. The summed E-state index contributed by atoms with van der Waals surface area (Å²) in [6, 6.07) is 0.498. The van der Waals surface area contributed by atoms with Crippen molar-refractivity contribution in [3.8, 4) is 0 Å². The van der Waals surface area contributed by atoms with E-state index in [9.17, 15) is 4.79 Å². The molecule has 0 aromatic carbocycles. The standard InChI is InChI=1S/C13H23NO/c1-3-13(4-2)9-10-7-5-6-8-11(10)14-12(13)15/h10-11H,3-9H2,1-2H3,(H,14,15)/t10-,11+/m1/s1. The van der Waals surface area contributed by atoms with E-state index in [0.29, 0.717) is 11.9 Å². The highest BCUT2D eigenvalue weighted by Crippen LogP contribution is 2.43. The van der Waals surface area contributed by atoms with Gasteiger partial charge in [-0.05, 0) is 38.0 Å². The van der Waals surface area contributed by atoms with E-state index in [2.05, 4.69) is 19.2 Å². The van der Waals surface area contributed by atoms with Gasteiger partial charge in [0.25, 0.3) is 0 Å². The Morgan fingerprint density at radius 1 is 1.27 bits per heavy atom. The number of amides is 1. The van der Waals surface area contributed by atoms with Crippen LogP contribution in [-0.2, 0) is 4.79 Å². The lowest BCUT2D eigenvalue weighted by molar-refractivity contribution is -0.138. The Balaban J connectivity index is 2.13. The highest BCUT2D eigenvalue weighted by molar-refractivity contribution is 5.83. The van der Waals surface area contributed by atoms with Crippen molar-refractivity contribution in [2.24, 2.45) is 11.3 Å². The van der Waals surface area contributed by atoms with Crippen molar-refractivity contribution in [1.29, 1.82) is 0 Å². The number of fused-ring (bicyclic) bond motifs is 1. The van der Waals surface area contributed by atoms with Crippen LogP contribution in [-0.4, -0.2) is 11.9 Å². The van der Waals surface area contributed by atoms with E-state index in [4.69, 9.17) is 0 Å². The van der Waals surface area contributed by atoms with Gasteiger partial charge in [0.2, 0.25) is 5.91 Å². The van der Waals surface area contributed by atoms with E-state index < -0.39 is 0 Å². The second-order valence-corrected chi connectivity index (χ2v) is 5.32. The molecule has 1 N–H and O–H groups in total. The third kappa shape index (κ3) is 1.79. The maximum absolute atomic E-state index is 12.1. The fourth-order valence-corrected chi connectivity index (χ4v) is 3.42. The van der Waals surface area contributed by atoms with Crippen molar-refractivity contribution < 1.29 is 4.79 Å². The molecule has 1 aliphatic heterocycles. The Morgan fingerprint density at radius 3 is 2.60 bits per heavy atom. The van der Waals surface area contributed by atoms with Crippen LogP contribution in [0.3, 0.4) is 0 Å².